The van der Waals surface area contributed by atoms with Gasteiger partial charge in [-0.1, -0.05) is 13.0 Å². The zero-order valence-corrected chi connectivity index (χ0v) is 9.47. The van der Waals surface area contributed by atoms with Gasteiger partial charge in [-0.15, -0.1) is 11.8 Å². The molecule has 2 N–H and O–H groups in total. The predicted molar refractivity (Wildman–Crippen MR) is 63.0 cm³/mol. The van der Waals surface area contributed by atoms with E-state index in [9.17, 15) is 0 Å². The molecule has 2 nitrogen and oxygen atoms in total. The molecular weight excluding hydrogens is 194 g/mol. The molecule has 78 valence electrons. The molecule has 0 aliphatic heterocycles. The van der Waals surface area contributed by atoms with Gasteiger partial charge in [-0.05, 0) is 30.4 Å². The average molecular weight is 211 g/mol. The first-order valence-electron chi connectivity index (χ1n) is 4.75. The van der Waals surface area contributed by atoms with Gasteiger partial charge in [0, 0.05) is 23.7 Å². The molecule has 0 bridgehead atoms. The molecule has 1 atom stereocenters. The highest BCUT2D eigenvalue weighted by Crippen LogP contribution is 2.18. The number of aliphatic hydroxyl groups is 1. The first kappa shape index (κ1) is 11.4. The third-order valence-electron chi connectivity index (χ3n) is 2.04. The van der Waals surface area contributed by atoms with Crippen molar-refractivity contribution in [1.29, 1.82) is 0 Å². The zero-order valence-electron chi connectivity index (χ0n) is 8.66. The first-order valence-corrected chi connectivity index (χ1v) is 5.97. The van der Waals surface area contributed by atoms with Gasteiger partial charge in [0.1, 0.15) is 0 Å². The van der Waals surface area contributed by atoms with Crippen LogP contribution in [0, 0.1) is 5.92 Å². The second-order valence-corrected chi connectivity index (χ2v) is 4.28. The molecule has 0 heterocycles. The van der Waals surface area contributed by atoms with E-state index in [0.29, 0.717) is 5.92 Å². The van der Waals surface area contributed by atoms with Crippen molar-refractivity contribution in [3.8, 4) is 0 Å². The van der Waals surface area contributed by atoms with Crippen molar-refractivity contribution in [2.75, 3.05) is 24.7 Å². The van der Waals surface area contributed by atoms with Gasteiger partial charge >= 0.3 is 0 Å². The molecule has 1 aromatic rings. The number of thioether (sulfide) groups is 1. The predicted octanol–water partition coefficient (Wildman–Crippen LogP) is 2.45. The van der Waals surface area contributed by atoms with E-state index < -0.39 is 0 Å². The fraction of sp³-hybridized carbons (Fsp3) is 0.455. The molecule has 3 heteroatoms. The van der Waals surface area contributed by atoms with Gasteiger partial charge in [0.15, 0.2) is 0 Å². The van der Waals surface area contributed by atoms with Crippen LogP contribution in [0.4, 0.5) is 5.69 Å². The van der Waals surface area contributed by atoms with Crippen LogP contribution in [0.1, 0.15) is 6.92 Å². The minimum atomic E-state index is 0.231. The Labute approximate surface area is 89.7 Å². The molecule has 0 radical (unpaired) electrons. The monoisotopic (exact) mass is 211 g/mol. The third-order valence-corrected chi connectivity index (χ3v) is 2.76. The van der Waals surface area contributed by atoms with Gasteiger partial charge in [-0.25, -0.2) is 0 Å². The van der Waals surface area contributed by atoms with Crippen LogP contribution in [-0.4, -0.2) is 24.5 Å². The molecule has 0 saturated heterocycles. The van der Waals surface area contributed by atoms with Crippen molar-refractivity contribution in [3.63, 3.8) is 0 Å². The number of nitrogens with one attached hydrogen (secondary N) is 1. The summed E-state index contributed by atoms with van der Waals surface area (Å²) in [6.07, 6.45) is 2.06. The Bertz CT molecular complexity index is 278. The first-order chi connectivity index (χ1) is 6.76. The van der Waals surface area contributed by atoms with Crippen molar-refractivity contribution in [2.45, 2.75) is 11.8 Å². The molecule has 1 unspecified atom stereocenters. The van der Waals surface area contributed by atoms with E-state index in [2.05, 4.69) is 23.7 Å². The topological polar surface area (TPSA) is 32.3 Å². The second kappa shape index (κ2) is 5.94. The van der Waals surface area contributed by atoms with Crippen molar-refractivity contribution in [1.82, 2.24) is 0 Å². The average Bonchev–Trinajstić information content (AvgIpc) is 2.26. The zero-order chi connectivity index (χ0) is 10.4. The fourth-order valence-corrected chi connectivity index (χ4v) is 1.55. The van der Waals surface area contributed by atoms with Crippen LogP contribution in [0.5, 0.6) is 0 Å². The molecule has 1 aromatic carbocycles. The van der Waals surface area contributed by atoms with Crippen LogP contribution in [0.15, 0.2) is 29.2 Å². The summed E-state index contributed by atoms with van der Waals surface area (Å²) in [5.74, 6) is 0.299. The normalized spacial score (nSPS) is 12.5. The van der Waals surface area contributed by atoms with Gasteiger partial charge in [0.25, 0.3) is 0 Å². The Balaban J connectivity index is 2.50. The van der Waals surface area contributed by atoms with Gasteiger partial charge in [-0.2, -0.15) is 0 Å². The lowest BCUT2D eigenvalue weighted by atomic mass is 10.2. The fourth-order valence-electron chi connectivity index (χ4n) is 1.09. The van der Waals surface area contributed by atoms with E-state index in [-0.39, 0.29) is 6.61 Å². The molecular formula is C11H17NOS. The van der Waals surface area contributed by atoms with Crippen LogP contribution >= 0.6 is 11.8 Å². The molecule has 0 aliphatic carbocycles. The number of rotatable bonds is 5. The summed E-state index contributed by atoms with van der Waals surface area (Å²) < 4.78 is 0. The maximum Gasteiger partial charge on any atom is 0.0473 e. The van der Waals surface area contributed by atoms with Gasteiger partial charge in [0.2, 0.25) is 0 Å². The standard InChI is InChI=1S/C11H17NOS/c1-9(8-13)7-12-10-4-3-5-11(6-10)14-2/h3-6,9,12-13H,7-8H2,1-2H3. The van der Waals surface area contributed by atoms with Crippen molar-refractivity contribution in [2.24, 2.45) is 5.92 Å². The van der Waals surface area contributed by atoms with Crippen molar-refractivity contribution < 1.29 is 5.11 Å². The quantitative estimate of drug-likeness (QED) is 0.734. The highest BCUT2D eigenvalue weighted by Gasteiger charge is 1.99. The van der Waals surface area contributed by atoms with Crippen LogP contribution in [0.3, 0.4) is 0 Å². The van der Waals surface area contributed by atoms with Crippen molar-refractivity contribution in [3.05, 3.63) is 24.3 Å². The Morgan fingerprint density at radius 2 is 2.29 bits per heavy atom. The lowest BCUT2D eigenvalue weighted by Gasteiger charge is -2.11. The van der Waals surface area contributed by atoms with Gasteiger partial charge in [-0.3, -0.25) is 0 Å². The van der Waals surface area contributed by atoms with Crippen LogP contribution in [0.2, 0.25) is 0 Å². The summed E-state index contributed by atoms with van der Waals surface area (Å²) in [7, 11) is 0. The molecule has 0 amide bonds. The SMILES string of the molecule is CSc1cccc(NCC(C)CO)c1. The lowest BCUT2D eigenvalue weighted by molar-refractivity contribution is 0.244. The number of hydrogen-bond acceptors (Lipinski definition) is 3. The maximum atomic E-state index is 8.87. The molecule has 0 fully saturated rings. The van der Waals surface area contributed by atoms with E-state index in [1.54, 1.807) is 11.8 Å². The van der Waals surface area contributed by atoms with Gasteiger partial charge in [0.05, 0.1) is 0 Å². The molecule has 0 spiro atoms. The van der Waals surface area contributed by atoms with Crippen LogP contribution in [-0.2, 0) is 0 Å². The highest BCUT2D eigenvalue weighted by atomic mass is 32.2. The Morgan fingerprint density at radius 1 is 1.50 bits per heavy atom. The van der Waals surface area contributed by atoms with E-state index in [1.165, 1.54) is 4.90 Å². The van der Waals surface area contributed by atoms with Crippen molar-refractivity contribution >= 4 is 17.4 Å². The Hall–Kier alpha value is -0.670. The largest absolute Gasteiger partial charge is 0.396 e. The summed E-state index contributed by atoms with van der Waals surface area (Å²) in [5, 5.41) is 12.2. The maximum absolute atomic E-state index is 8.87. The molecule has 0 saturated carbocycles. The summed E-state index contributed by atoms with van der Waals surface area (Å²) in [6.45, 7) is 3.06. The lowest BCUT2D eigenvalue weighted by Crippen LogP contribution is -2.14. The van der Waals surface area contributed by atoms with E-state index in [4.69, 9.17) is 5.11 Å². The molecule has 0 aromatic heterocycles. The number of hydrogen-bond donors (Lipinski definition) is 2. The van der Waals surface area contributed by atoms with Gasteiger partial charge < -0.3 is 10.4 Å². The molecule has 1 rings (SSSR count). The summed E-state index contributed by atoms with van der Waals surface area (Å²) in [5.41, 5.74) is 1.12. The van der Waals surface area contributed by atoms with E-state index in [0.717, 1.165) is 12.2 Å². The number of aliphatic hydroxyl groups excluding tert-OH is 1. The minimum Gasteiger partial charge on any atom is -0.396 e. The summed E-state index contributed by atoms with van der Waals surface area (Å²) in [6, 6.07) is 8.29. The smallest absolute Gasteiger partial charge is 0.0473 e. The van der Waals surface area contributed by atoms with E-state index in [1.807, 2.05) is 19.1 Å². The minimum absolute atomic E-state index is 0.231. The third kappa shape index (κ3) is 3.60. The summed E-state index contributed by atoms with van der Waals surface area (Å²) >= 11 is 1.73. The second-order valence-electron chi connectivity index (χ2n) is 3.40. The number of anilines is 1. The number of benzene rings is 1. The van der Waals surface area contributed by atoms with Crippen LogP contribution < -0.4 is 5.32 Å². The molecule has 0 aliphatic rings. The highest BCUT2D eigenvalue weighted by molar-refractivity contribution is 7.98. The summed E-state index contributed by atoms with van der Waals surface area (Å²) in [4.78, 5) is 1.26. The molecule has 14 heavy (non-hydrogen) atoms. The van der Waals surface area contributed by atoms with Crippen LogP contribution in [0.25, 0.3) is 0 Å². The Kier molecular flexibility index (Phi) is 4.84. The Morgan fingerprint density at radius 3 is 2.93 bits per heavy atom. The van der Waals surface area contributed by atoms with E-state index >= 15 is 0 Å².